The van der Waals surface area contributed by atoms with Crippen molar-refractivity contribution in [1.82, 2.24) is 4.98 Å². The number of rotatable bonds is 6. The largest absolute Gasteiger partial charge is 0.384 e. The van der Waals surface area contributed by atoms with Gasteiger partial charge in [0, 0.05) is 30.4 Å². The molecule has 0 saturated carbocycles. The fourth-order valence-corrected chi connectivity index (χ4v) is 2.32. The van der Waals surface area contributed by atoms with Gasteiger partial charge in [-0.15, -0.1) is 11.6 Å². The van der Waals surface area contributed by atoms with Crippen LogP contribution in [0.1, 0.15) is 12.1 Å². The summed E-state index contributed by atoms with van der Waals surface area (Å²) in [5, 5.41) is 4.63. The first-order chi connectivity index (χ1) is 9.20. The highest BCUT2D eigenvalue weighted by atomic mass is 35.5. The van der Waals surface area contributed by atoms with Crippen LogP contribution >= 0.6 is 11.6 Å². The second-order valence-corrected chi connectivity index (χ2v) is 5.21. The molecule has 0 fully saturated rings. The van der Waals surface area contributed by atoms with Crippen LogP contribution in [0.3, 0.4) is 0 Å². The van der Waals surface area contributed by atoms with Crippen molar-refractivity contribution in [3.05, 3.63) is 36.0 Å². The number of aryl methyl sites for hydroxylation is 1. The summed E-state index contributed by atoms with van der Waals surface area (Å²) in [5.41, 5.74) is 3.15. The van der Waals surface area contributed by atoms with E-state index in [0.717, 1.165) is 35.2 Å². The molecule has 0 saturated heterocycles. The Morgan fingerprint density at radius 2 is 2.16 bits per heavy atom. The highest BCUT2D eigenvalue weighted by Gasteiger charge is 2.06. The molecule has 1 unspecified atom stereocenters. The molecule has 0 aliphatic rings. The summed E-state index contributed by atoms with van der Waals surface area (Å²) in [6.45, 7) is 3.41. The lowest BCUT2D eigenvalue weighted by Crippen LogP contribution is -2.13. The maximum atomic E-state index is 6.12. The third-order valence-electron chi connectivity index (χ3n) is 2.96. The molecule has 0 radical (unpaired) electrons. The molecule has 1 aromatic carbocycles. The molecule has 1 aromatic heterocycles. The van der Waals surface area contributed by atoms with E-state index in [0.29, 0.717) is 6.61 Å². The lowest BCUT2D eigenvalue weighted by Gasteiger charge is -2.12. The number of methoxy groups -OCH3 is 1. The summed E-state index contributed by atoms with van der Waals surface area (Å²) >= 11 is 6.12. The standard InChI is InChI=1S/C15H19ClN2O/c1-11-9-15(17-8-7-12(16)10-19-2)13-5-3-4-6-14(13)18-11/h3-6,9,12H,7-8,10H2,1-2H3,(H,17,18). The van der Waals surface area contributed by atoms with Gasteiger partial charge in [0.15, 0.2) is 0 Å². The molecule has 102 valence electrons. The van der Waals surface area contributed by atoms with Gasteiger partial charge in [0.05, 0.1) is 17.5 Å². The topological polar surface area (TPSA) is 34.1 Å². The summed E-state index contributed by atoms with van der Waals surface area (Å²) in [7, 11) is 1.67. The molecule has 0 amide bonds. The van der Waals surface area contributed by atoms with Crippen LogP contribution in [0.25, 0.3) is 10.9 Å². The summed E-state index contributed by atoms with van der Waals surface area (Å²) in [6, 6.07) is 10.2. The van der Waals surface area contributed by atoms with Crippen molar-refractivity contribution in [2.45, 2.75) is 18.7 Å². The Kier molecular flexibility index (Phi) is 5.00. The number of halogens is 1. The summed E-state index contributed by atoms with van der Waals surface area (Å²) in [5.74, 6) is 0. The van der Waals surface area contributed by atoms with E-state index in [1.54, 1.807) is 7.11 Å². The molecular weight excluding hydrogens is 260 g/mol. The van der Waals surface area contributed by atoms with E-state index in [4.69, 9.17) is 16.3 Å². The fraction of sp³-hybridized carbons (Fsp3) is 0.400. The second-order valence-electron chi connectivity index (χ2n) is 4.60. The van der Waals surface area contributed by atoms with E-state index in [1.165, 1.54) is 0 Å². The van der Waals surface area contributed by atoms with Gasteiger partial charge in [-0.25, -0.2) is 0 Å². The molecule has 2 aromatic rings. The molecule has 2 rings (SSSR count). The molecule has 0 bridgehead atoms. The van der Waals surface area contributed by atoms with Crippen LogP contribution in [0.15, 0.2) is 30.3 Å². The predicted molar refractivity (Wildman–Crippen MR) is 81.1 cm³/mol. The van der Waals surface area contributed by atoms with Gasteiger partial charge in [-0.1, -0.05) is 18.2 Å². The van der Waals surface area contributed by atoms with Crippen molar-refractivity contribution in [3.63, 3.8) is 0 Å². The molecule has 0 spiro atoms. The molecular formula is C15H19ClN2O. The van der Waals surface area contributed by atoms with Crippen molar-refractivity contribution in [2.24, 2.45) is 0 Å². The van der Waals surface area contributed by atoms with E-state index < -0.39 is 0 Å². The van der Waals surface area contributed by atoms with Gasteiger partial charge in [0.1, 0.15) is 0 Å². The zero-order valence-electron chi connectivity index (χ0n) is 11.3. The summed E-state index contributed by atoms with van der Waals surface area (Å²) in [6.07, 6.45) is 0.866. The lowest BCUT2D eigenvalue weighted by atomic mass is 10.1. The monoisotopic (exact) mass is 278 g/mol. The fourth-order valence-electron chi connectivity index (χ4n) is 2.08. The van der Waals surface area contributed by atoms with Gasteiger partial charge in [0.2, 0.25) is 0 Å². The highest BCUT2D eigenvalue weighted by molar-refractivity contribution is 6.20. The number of nitrogens with zero attached hydrogens (tertiary/aromatic N) is 1. The van der Waals surface area contributed by atoms with E-state index in [-0.39, 0.29) is 5.38 Å². The van der Waals surface area contributed by atoms with Gasteiger partial charge in [-0.05, 0) is 25.5 Å². The van der Waals surface area contributed by atoms with Gasteiger partial charge >= 0.3 is 0 Å². The summed E-state index contributed by atoms with van der Waals surface area (Å²) < 4.78 is 5.03. The predicted octanol–water partition coefficient (Wildman–Crippen LogP) is 3.60. The molecule has 4 heteroatoms. The van der Waals surface area contributed by atoms with Crippen LogP contribution in [0.5, 0.6) is 0 Å². The SMILES string of the molecule is COCC(Cl)CCNc1cc(C)nc2ccccc12. The highest BCUT2D eigenvalue weighted by Crippen LogP contribution is 2.22. The van der Waals surface area contributed by atoms with Crippen LogP contribution < -0.4 is 5.32 Å². The average Bonchev–Trinajstić information content (AvgIpc) is 2.38. The number of ether oxygens (including phenoxy) is 1. The number of para-hydroxylation sites is 1. The Morgan fingerprint density at radius 1 is 1.37 bits per heavy atom. The Labute approximate surface area is 118 Å². The average molecular weight is 279 g/mol. The first kappa shape index (κ1) is 14.1. The third-order valence-corrected chi connectivity index (χ3v) is 3.31. The first-order valence-electron chi connectivity index (χ1n) is 6.44. The van der Waals surface area contributed by atoms with Crippen LogP contribution in [0, 0.1) is 6.92 Å². The molecule has 3 nitrogen and oxygen atoms in total. The van der Waals surface area contributed by atoms with Gasteiger partial charge in [-0.2, -0.15) is 0 Å². The zero-order valence-corrected chi connectivity index (χ0v) is 12.1. The Hall–Kier alpha value is -1.32. The summed E-state index contributed by atoms with van der Waals surface area (Å²) in [4.78, 5) is 4.52. The number of hydrogen-bond donors (Lipinski definition) is 1. The number of anilines is 1. The van der Waals surface area contributed by atoms with Crippen molar-refractivity contribution in [2.75, 3.05) is 25.6 Å². The normalized spacial score (nSPS) is 12.6. The zero-order chi connectivity index (χ0) is 13.7. The lowest BCUT2D eigenvalue weighted by molar-refractivity contribution is 0.196. The number of fused-ring (bicyclic) bond motifs is 1. The van der Waals surface area contributed by atoms with Gasteiger partial charge in [-0.3, -0.25) is 4.98 Å². The van der Waals surface area contributed by atoms with E-state index in [9.17, 15) is 0 Å². The number of aromatic nitrogens is 1. The van der Waals surface area contributed by atoms with Crippen molar-refractivity contribution in [1.29, 1.82) is 0 Å². The number of pyridine rings is 1. The molecule has 19 heavy (non-hydrogen) atoms. The number of hydrogen-bond acceptors (Lipinski definition) is 3. The van der Waals surface area contributed by atoms with Gasteiger partial charge in [0.25, 0.3) is 0 Å². The van der Waals surface area contributed by atoms with E-state index >= 15 is 0 Å². The van der Waals surface area contributed by atoms with Crippen molar-refractivity contribution in [3.8, 4) is 0 Å². The molecule has 1 atom stereocenters. The molecule has 1 N–H and O–H groups in total. The first-order valence-corrected chi connectivity index (χ1v) is 6.87. The van der Waals surface area contributed by atoms with Crippen LogP contribution in [-0.2, 0) is 4.74 Å². The Balaban J connectivity index is 2.08. The van der Waals surface area contributed by atoms with E-state index in [1.807, 2.05) is 25.1 Å². The van der Waals surface area contributed by atoms with Crippen LogP contribution in [-0.4, -0.2) is 30.6 Å². The second kappa shape index (κ2) is 6.73. The molecule has 1 heterocycles. The third kappa shape index (κ3) is 3.82. The van der Waals surface area contributed by atoms with Gasteiger partial charge < -0.3 is 10.1 Å². The maximum Gasteiger partial charge on any atom is 0.0725 e. The maximum absolute atomic E-state index is 6.12. The van der Waals surface area contributed by atoms with Crippen LogP contribution in [0.4, 0.5) is 5.69 Å². The Bertz CT molecular complexity index is 545. The number of benzene rings is 1. The van der Waals surface area contributed by atoms with Crippen LogP contribution in [0.2, 0.25) is 0 Å². The van der Waals surface area contributed by atoms with Crippen molar-refractivity contribution >= 4 is 28.2 Å². The molecule has 0 aliphatic heterocycles. The van der Waals surface area contributed by atoms with Crippen molar-refractivity contribution < 1.29 is 4.74 Å². The minimum absolute atomic E-state index is 0.0479. The quantitative estimate of drug-likeness (QED) is 0.820. The minimum atomic E-state index is 0.0479. The number of nitrogens with one attached hydrogen (secondary N) is 1. The molecule has 0 aliphatic carbocycles. The Morgan fingerprint density at radius 3 is 2.95 bits per heavy atom. The minimum Gasteiger partial charge on any atom is -0.384 e. The number of alkyl halides is 1. The van der Waals surface area contributed by atoms with E-state index in [2.05, 4.69) is 22.4 Å². The smallest absolute Gasteiger partial charge is 0.0725 e.